The van der Waals surface area contributed by atoms with Gasteiger partial charge in [0.1, 0.15) is 5.82 Å². The third kappa shape index (κ3) is 5.81. The van der Waals surface area contributed by atoms with E-state index in [1.54, 1.807) is 0 Å². The van der Waals surface area contributed by atoms with Crippen molar-refractivity contribution >= 4 is 29.0 Å². The summed E-state index contributed by atoms with van der Waals surface area (Å²) in [5, 5.41) is 1.04. The number of likely N-dealkylation sites (tertiary alicyclic amines) is 1. The van der Waals surface area contributed by atoms with E-state index >= 15 is 0 Å². The number of rotatable bonds is 6. The number of hydrogen-bond acceptors (Lipinski definition) is 3. The van der Waals surface area contributed by atoms with Crippen LogP contribution in [0.2, 0.25) is 10.0 Å². The zero-order chi connectivity index (χ0) is 23.6. The molecule has 0 radical (unpaired) electrons. The largest absolute Gasteiger partial charge is 0.417 e. The van der Waals surface area contributed by atoms with Gasteiger partial charge in [0.15, 0.2) is 0 Å². The molecule has 0 amide bonds. The molecular weight excluding hydrogens is 470 g/mol. The van der Waals surface area contributed by atoms with E-state index in [1.807, 2.05) is 48.3 Å². The molecule has 0 spiro atoms. The van der Waals surface area contributed by atoms with Gasteiger partial charge in [-0.05, 0) is 41.3 Å². The fourth-order valence-electron chi connectivity index (χ4n) is 4.46. The van der Waals surface area contributed by atoms with Gasteiger partial charge in [0.25, 0.3) is 0 Å². The molecular formula is C25H24Cl2F3N3. The number of hydrogen-bond donors (Lipinski definition) is 0. The van der Waals surface area contributed by atoms with Crippen molar-refractivity contribution in [2.24, 2.45) is 5.92 Å². The fraction of sp³-hybridized carbons (Fsp3) is 0.320. The van der Waals surface area contributed by atoms with Crippen LogP contribution in [0.25, 0.3) is 0 Å². The summed E-state index contributed by atoms with van der Waals surface area (Å²) in [7, 11) is 1.86. The van der Waals surface area contributed by atoms with Crippen LogP contribution in [-0.2, 0) is 12.7 Å². The molecule has 0 N–H and O–H groups in total. The van der Waals surface area contributed by atoms with E-state index in [4.69, 9.17) is 23.2 Å². The summed E-state index contributed by atoms with van der Waals surface area (Å²) in [6, 6.07) is 18.5. The minimum atomic E-state index is -4.40. The Morgan fingerprint density at radius 1 is 1.00 bits per heavy atom. The van der Waals surface area contributed by atoms with Gasteiger partial charge < -0.3 is 4.90 Å². The average molecular weight is 494 g/mol. The molecule has 2 atom stereocenters. The highest BCUT2D eigenvalue weighted by Crippen LogP contribution is 2.37. The molecule has 4 rings (SSSR count). The number of halogens is 5. The Hall–Kier alpha value is -2.28. The Morgan fingerprint density at radius 2 is 1.76 bits per heavy atom. The Balaban J connectivity index is 1.53. The minimum absolute atomic E-state index is 0.209. The van der Waals surface area contributed by atoms with Crippen molar-refractivity contribution in [3.8, 4) is 0 Å². The molecule has 1 saturated heterocycles. The van der Waals surface area contributed by atoms with Crippen molar-refractivity contribution in [3.05, 3.63) is 93.6 Å². The lowest BCUT2D eigenvalue weighted by atomic mass is 9.88. The molecule has 2 heterocycles. The van der Waals surface area contributed by atoms with E-state index in [9.17, 15) is 13.2 Å². The summed E-state index contributed by atoms with van der Waals surface area (Å²) >= 11 is 12.4. The molecule has 0 bridgehead atoms. The molecule has 1 aromatic heterocycles. The first-order valence-electron chi connectivity index (χ1n) is 10.7. The topological polar surface area (TPSA) is 19.4 Å². The second kappa shape index (κ2) is 9.92. The van der Waals surface area contributed by atoms with Gasteiger partial charge in [0.2, 0.25) is 0 Å². The first-order valence-corrected chi connectivity index (χ1v) is 11.4. The van der Waals surface area contributed by atoms with E-state index in [0.29, 0.717) is 22.4 Å². The normalized spacial score (nSPS) is 19.1. The molecule has 0 aliphatic carbocycles. The van der Waals surface area contributed by atoms with Crippen molar-refractivity contribution in [1.29, 1.82) is 0 Å². The van der Waals surface area contributed by atoms with E-state index < -0.39 is 11.7 Å². The van der Waals surface area contributed by atoms with Gasteiger partial charge in [-0.1, -0.05) is 59.6 Å². The standard InChI is InChI=1S/C25H24Cl2F3N3/c1-32(24-10-8-20(12-31-24)25(28,29)30)14-19-15-33(13-17-5-3-2-4-6-17)16-21(19)18-7-9-22(26)23(27)11-18/h2-12,19,21H,13-16H2,1H3. The fourth-order valence-corrected chi connectivity index (χ4v) is 4.77. The summed E-state index contributed by atoms with van der Waals surface area (Å²) in [5.74, 6) is 0.956. The molecule has 0 saturated carbocycles. The molecule has 33 heavy (non-hydrogen) atoms. The quantitative estimate of drug-likeness (QED) is 0.378. The van der Waals surface area contributed by atoms with Crippen LogP contribution < -0.4 is 4.90 Å². The van der Waals surface area contributed by atoms with Crippen LogP contribution in [0.15, 0.2) is 66.9 Å². The zero-order valence-electron chi connectivity index (χ0n) is 18.1. The maximum atomic E-state index is 12.9. The van der Waals surface area contributed by atoms with Crippen molar-refractivity contribution in [2.75, 3.05) is 31.6 Å². The number of aromatic nitrogens is 1. The number of pyridine rings is 1. The van der Waals surface area contributed by atoms with Gasteiger partial charge in [-0.15, -0.1) is 0 Å². The third-order valence-corrected chi connectivity index (χ3v) is 6.85. The summed E-state index contributed by atoms with van der Waals surface area (Å²) in [6.07, 6.45) is -3.51. The SMILES string of the molecule is CN(CC1CN(Cc2ccccc2)CC1c1ccc(Cl)c(Cl)c1)c1ccc(C(F)(F)F)cn1. The zero-order valence-corrected chi connectivity index (χ0v) is 19.6. The molecule has 1 fully saturated rings. The Labute approximate surface area is 201 Å². The van der Waals surface area contributed by atoms with Crippen molar-refractivity contribution < 1.29 is 13.2 Å². The van der Waals surface area contributed by atoms with E-state index in [2.05, 4.69) is 22.0 Å². The molecule has 174 valence electrons. The van der Waals surface area contributed by atoms with Crippen LogP contribution in [0.3, 0.4) is 0 Å². The first-order chi connectivity index (χ1) is 15.7. The Morgan fingerprint density at radius 3 is 2.39 bits per heavy atom. The lowest BCUT2D eigenvalue weighted by molar-refractivity contribution is -0.137. The average Bonchev–Trinajstić information content (AvgIpc) is 3.17. The maximum Gasteiger partial charge on any atom is 0.417 e. The highest BCUT2D eigenvalue weighted by molar-refractivity contribution is 6.42. The van der Waals surface area contributed by atoms with Gasteiger partial charge in [-0.2, -0.15) is 13.2 Å². The van der Waals surface area contributed by atoms with Crippen LogP contribution in [0, 0.1) is 5.92 Å². The van der Waals surface area contributed by atoms with Crippen LogP contribution in [0.5, 0.6) is 0 Å². The Kier molecular flexibility index (Phi) is 7.17. The number of nitrogens with zero attached hydrogens (tertiary/aromatic N) is 3. The summed E-state index contributed by atoms with van der Waals surface area (Å²) in [5.41, 5.74) is 1.60. The lowest BCUT2D eigenvalue weighted by Gasteiger charge is -2.26. The maximum absolute atomic E-state index is 12.9. The van der Waals surface area contributed by atoms with Crippen LogP contribution in [0.1, 0.15) is 22.6 Å². The monoisotopic (exact) mass is 493 g/mol. The number of anilines is 1. The third-order valence-electron chi connectivity index (χ3n) is 6.11. The van der Waals surface area contributed by atoms with Crippen molar-refractivity contribution in [3.63, 3.8) is 0 Å². The summed E-state index contributed by atoms with van der Waals surface area (Å²) in [6.45, 7) is 3.18. The highest BCUT2D eigenvalue weighted by Gasteiger charge is 2.35. The molecule has 2 unspecified atom stereocenters. The smallest absolute Gasteiger partial charge is 0.359 e. The minimum Gasteiger partial charge on any atom is -0.359 e. The molecule has 3 aromatic rings. The van der Waals surface area contributed by atoms with Crippen molar-refractivity contribution in [1.82, 2.24) is 9.88 Å². The van der Waals surface area contributed by atoms with E-state index in [0.717, 1.165) is 37.5 Å². The molecule has 1 aliphatic rings. The highest BCUT2D eigenvalue weighted by atomic mass is 35.5. The Bertz CT molecular complexity index is 1070. The van der Waals surface area contributed by atoms with Crippen LogP contribution in [0.4, 0.5) is 19.0 Å². The van der Waals surface area contributed by atoms with Gasteiger partial charge in [-0.3, -0.25) is 4.90 Å². The first kappa shape index (κ1) is 23.9. The summed E-state index contributed by atoms with van der Waals surface area (Å²) in [4.78, 5) is 8.37. The van der Waals surface area contributed by atoms with Gasteiger partial charge in [0, 0.05) is 45.3 Å². The predicted octanol–water partition coefficient (Wildman–Crippen LogP) is 6.76. The van der Waals surface area contributed by atoms with E-state index in [1.165, 1.54) is 11.6 Å². The van der Waals surface area contributed by atoms with E-state index in [-0.39, 0.29) is 11.8 Å². The van der Waals surface area contributed by atoms with Crippen LogP contribution in [-0.4, -0.2) is 36.6 Å². The van der Waals surface area contributed by atoms with Crippen LogP contribution >= 0.6 is 23.2 Å². The molecule has 8 heteroatoms. The number of alkyl halides is 3. The second-order valence-electron chi connectivity index (χ2n) is 8.50. The second-order valence-corrected chi connectivity index (χ2v) is 9.32. The predicted molar refractivity (Wildman–Crippen MR) is 127 cm³/mol. The lowest BCUT2D eigenvalue weighted by Crippen LogP contribution is -2.30. The molecule has 1 aliphatic heterocycles. The van der Waals surface area contributed by atoms with Crippen molar-refractivity contribution in [2.45, 2.75) is 18.6 Å². The van der Waals surface area contributed by atoms with Gasteiger partial charge in [-0.25, -0.2) is 4.98 Å². The van der Waals surface area contributed by atoms with Gasteiger partial charge in [0.05, 0.1) is 15.6 Å². The summed E-state index contributed by atoms with van der Waals surface area (Å²) < 4.78 is 38.7. The molecule has 3 nitrogen and oxygen atoms in total. The van der Waals surface area contributed by atoms with Gasteiger partial charge >= 0.3 is 6.18 Å². The molecule has 2 aromatic carbocycles. The number of benzene rings is 2.